The summed E-state index contributed by atoms with van der Waals surface area (Å²) in [5.41, 5.74) is 2.80. The van der Waals surface area contributed by atoms with Crippen LogP contribution in [0.4, 0.5) is 13.2 Å². The molecule has 6 heteroatoms. The van der Waals surface area contributed by atoms with Crippen LogP contribution in [0, 0.1) is 0 Å². The molecule has 1 aromatic heterocycles. The van der Waals surface area contributed by atoms with Gasteiger partial charge in [0.25, 0.3) is 0 Å². The quantitative estimate of drug-likeness (QED) is 0.261. The van der Waals surface area contributed by atoms with Crippen LogP contribution >= 0.6 is 0 Å². The van der Waals surface area contributed by atoms with Crippen molar-refractivity contribution in [1.82, 2.24) is 0 Å². The van der Waals surface area contributed by atoms with E-state index in [1.54, 1.807) is 12.1 Å². The van der Waals surface area contributed by atoms with Crippen LogP contribution in [0.3, 0.4) is 0 Å². The van der Waals surface area contributed by atoms with Gasteiger partial charge in [0.15, 0.2) is 0 Å². The Kier molecular flexibility index (Phi) is 7.11. The minimum atomic E-state index is -4.40. The summed E-state index contributed by atoms with van der Waals surface area (Å²) < 4.78 is 50.8. The third-order valence-corrected chi connectivity index (χ3v) is 6.35. The molecule has 1 aliphatic carbocycles. The summed E-state index contributed by atoms with van der Waals surface area (Å²) in [5.74, 6) is 0.565. The Labute approximate surface area is 191 Å². The highest BCUT2D eigenvalue weighted by molar-refractivity contribution is 5.84. The van der Waals surface area contributed by atoms with Gasteiger partial charge >= 0.3 is 11.8 Å². The molecular formula is C27H29F3O3. The highest BCUT2D eigenvalue weighted by Gasteiger charge is 2.30. The van der Waals surface area contributed by atoms with Gasteiger partial charge in [-0.15, -0.1) is 0 Å². The lowest BCUT2D eigenvalue weighted by Crippen LogP contribution is -2.16. The van der Waals surface area contributed by atoms with Gasteiger partial charge in [0, 0.05) is 17.0 Å². The van der Waals surface area contributed by atoms with E-state index in [-0.39, 0.29) is 12.2 Å². The number of unbranched alkanes of at least 4 members (excludes halogenated alkanes) is 3. The second-order valence-corrected chi connectivity index (χ2v) is 8.81. The van der Waals surface area contributed by atoms with Crippen LogP contribution in [-0.4, -0.2) is 0 Å². The fraction of sp³-hybridized carbons (Fsp3) is 0.444. The van der Waals surface area contributed by atoms with E-state index >= 15 is 0 Å². The van der Waals surface area contributed by atoms with E-state index in [0.29, 0.717) is 16.9 Å². The van der Waals surface area contributed by atoms with Crippen molar-refractivity contribution in [3.05, 3.63) is 74.6 Å². The Balaban J connectivity index is 1.67. The molecule has 1 heterocycles. The van der Waals surface area contributed by atoms with Gasteiger partial charge in [-0.2, -0.15) is 13.2 Å². The third-order valence-electron chi connectivity index (χ3n) is 6.35. The first-order chi connectivity index (χ1) is 15.9. The molecule has 3 aromatic rings. The second-order valence-electron chi connectivity index (χ2n) is 8.81. The van der Waals surface area contributed by atoms with Gasteiger partial charge in [0.2, 0.25) is 0 Å². The molecule has 2 aromatic carbocycles. The van der Waals surface area contributed by atoms with Gasteiger partial charge in [0.05, 0.1) is 5.56 Å². The second kappa shape index (κ2) is 10.0. The minimum absolute atomic E-state index is 0.00651. The SMILES string of the molecule is CCCCCCc1cc2c3c(c(=O)oc2cc1OCc1cccc(C(F)(F)F)c1)CCCC3. The molecule has 176 valence electrons. The van der Waals surface area contributed by atoms with Crippen molar-refractivity contribution in [2.75, 3.05) is 0 Å². The topological polar surface area (TPSA) is 39.4 Å². The Morgan fingerprint density at radius 1 is 1.00 bits per heavy atom. The van der Waals surface area contributed by atoms with E-state index < -0.39 is 11.7 Å². The van der Waals surface area contributed by atoms with Crippen molar-refractivity contribution in [3.8, 4) is 5.75 Å². The Bertz CT molecular complexity index is 1180. The standard InChI is InChI=1S/C27H29F3O3/c1-2-3-4-5-10-19-15-23-21-12-6-7-13-22(21)26(31)33-25(23)16-24(19)32-17-18-9-8-11-20(14-18)27(28,29)30/h8-9,11,14-16H,2-7,10,12-13,17H2,1H3. The van der Waals surface area contributed by atoms with Crippen molar-refractivity contribution in [3.63, 3.8) is 0 Å². The summed E-state index contributed by atoms with van der Waals surface area (Å²) in [6.07, 6.45) is 4.43. The molecule has 0 aliphatic heterocycles. The highest BCUT2D eigenvalue weighted by atomic mass is 19.4. The molecule has 0 radical (unpaired) electrons. The van der Waals surface area contributed by atoms with Crippen molar-refractivity contribution in [1.29, 1.82) is 0 Å². The molecule has 0 spiro atoms. The summed E-state index contributed by atoms with van der Waals surface area (Å²) in [5, 5.41) is 0.959. The number of hydrogen-bond donors (Lipinski definition) is 0. The van der Waals surface area contributed by atoms with Crippen molar-refractivity contribution < 1.29 is 22.3 Å². The van der Waals surface area contributed by atoms with Crippen LogP contribution in [0.25, 0.3) is 11.0 Å². The van der Waals surface area contributed by atoms with Crippen molar-refractivity contribution in [2.45, 2.75) is 77.5 Å². The van der Waals surface area contributed by atoms with E-state index in [1.165, 1.54) is 6.07 Å². The Morgan fingerprint density at radius 3 is 2.55 bits per heavy atom. The zero-order valence-electron chi connectivity index (χ0n) is 18.9. The molecule has 0 saturated heterocycles. The normalized spacial score (nSPS) is 13.8. The average molecular weight is 459 g/mol. The van der Waals surface area contributed by atoms with Crippen LogP contribution in [0.1, 0.15) is 73.3 Å². The number of hydrogen-bond acceptors (Lipinski definition) is 3. The zero-order valence-corrected chi connectivity index (χ0v) is 18.9. The predicted octanol–water partition coefficient (Wildman–Crippen LogP) is 7.39. The number of benzene rings is 2. The molecule has 0 unspecified atom stereocenters. The lowest BCUT2D eigenvalue weighted by molar-refractivity contribution is -0.137. The van der Waals surface area contributed by atoms with Gasteiger partial charge in [-0.25, -0.2) is 4.79 Å². The van der Waals surface area contributed by atoms with Gasteiger partial charge in [-0.3, -0.25) is 0 Å². The van der Waals surface area contributed by atoms with Crippen LogP contribution in [-0.2, 0) is 32.0 Å². The maximum Gasteiger partial charge on any atom is 0.416 e. The predicted molar refractivity (Wildman–Crippen MR) is 123 cm³/mol. The summed E-state index contributed by atoms with van der Waals surface area (Å²) in [6, 6.07) is 8.98. The smallest absolute Gasteiger partial charge is 0.416 e. The first-order valence-corrected chi connectivity index (χ1v) is 11.8. The van der Waals surface area contributed by atoms with E-state index in [9.17, 15) is 18.0 Å². The number of aryl methyl sites for hydroxylation is 2. The fourth-order valence-corrected chi connectivity index (χ4v) is 4.59. The summed E-state index contributed by atoms with van der Waals surface area (Å²) in [7, 11) is 0. The summed E-state index contributed by atoms with van der Waals surface area (Å²) in [6.45, 7) is 2.17. The van der Waals surface area contributed by atoms with Crippen LogP contribution in [0.2, 0.25) is 0 Å². The number of halogens is 3. The van der Waals surface area contributed by atoms with E-state index in [0.717, 1.165) is 92.0 Å². The van der Waals surface area contributed by atoms with Gasteiger partial charge in [-0.05, 0) is 73.4 Å². The number of rotatable bonds is 8. The first-order valence-electron chi connectivity index (χ1n) is 11.8. The van der Waals surface area contributed by atoms with Crippen LogP contribution < -0.4 is 10.4 Å². The van der Waals surface area contributed by atoms with Crippen molar-refractivity contribution in [2.24, 2.45) is 0 Å². The molecule has 0 N–H and O–H groups in total. The maximum absolute atomic E-state index is 13.1. The van der Waals surface area contributed by atoms with Crippen LogP contribution in [0.15, 0.2) is 45.6 Å². The third kappa shape index (κ3) is 5.43. The molecule has 0 saturated carbocycles. The molecule has 3 nitrogen and oxygen atoms in total. The minimum Gasteiger partial charge on any atom is -0.488 e. The molecule has 0 atom stereocenters. The largest absolute Gasteiger partial charge is 0.488 e. The molecule has 0 amide bonds. The van der Waals surface area contributed by atoms with E-state index in [4.69, 9.17) is 9.15 Å². The average Bonchev–Trinajstić information content (AvgIpc) is 2.80. The van der Waals surface area contributed by atoms with Crippen LogP contribution in [0.5, 0.6) is 5.75 Å². The number of fused-ring (bicyclic) bond motifs is 3. The van der Waals surface area contributed by atoms with Crippen molar-refractivity contribution >= 4 is 11.0 Å². The van der Waals surface area contributed by atoms with E-state index in [1.807, 2.05) is 0 Å². The molecule has 1 aliphatic rings. The zero-order chi connectivity index (χ0) is 23.4. The number of ether oxygens (including phenoxy) is 1. The molecule has 0 bridgehead atoms. The van der Waals surface area contributed by atoms with Gasteiger partial charge < -0.3 is 9.15 Å². The molecular weight excluding hydrogens is 429 g/mol. The lowest BCUT2D eigenvalue weighted by Gasteiger charge is -2.18. The maximum atomic E-state index is 13.1. The molecule has 33 heavy (non-hydrogen) atoms. The Morgan fingerprint density at radius 2 is 1.79 bits per heavy atom. The van der Waals surface area contributed by atoms with E-state index in [2.05, 4.69) is 13.0 Å². The van der Waals surface area contributed by atoms with Gasteiger partial charge in [-0.1, -0.05) is 38.3 Å². The summed E-state index contributed by atoms with van der Waals surface area (Å²) in [4.78, 5) is 12.5. The fourth-order valence-electron chi connectivity index (χ4n) is 4.59. The lowest BCUT2D eigenvalue weighted by atomic mass is 9.89. The first kappa shape index (κ1) is 23.4. The Hall–Kier alpha value is -2.76. The number of alkyl halides is 3. The molecule has 4 rings (SSSR count). The van der Waals surface area contributed by atoms with Gasteiger partial charge in [0.1, 0.15) is 17.9 Å². The summed E-state index contributed by atoms with van der Waals surface area (Å²) >= 11 is 0. The highest BCUT2D eigenvalue weighted by Crippen LogP contribution is 2.34. The monoisotopic (exact) mass is 458 g/mol. The molecule has 0 fully saturated rings.